The molecule has 1 aromatic heterocycles. The van der Waals surface area contributed by atoms with Crippen LogP contribution in [0.3, 0.4) is 0 Å². The molecule has 2 rings (SSSR count). The number of fused-ring (bicyclic) bond motifs is 1. The summed E-state index contributed by atoms with van der Waals surface area (Å²) in [6.07, 6.45) is 0. The quantitative estimate of drug-likeness (QED) is 0.848. The number of nitrogens with zero attached hydrogens (tertiary/aromatic N) is 3. The molecule has 6 heteroatoms. The van der Waals surface area contributed by atoms with E-state index in [2.05, 4.69) is 4.98 Å². The molecule has 1 heterocycles. The Morgan fingerprint density at radius 2 is 2.10 bits per heavy atom. The molecule has 0 aliphatic carbocycles. The zero-order valence-electron chi connectivity index (χ0n) is 12.2. The monoisotopic (exact) mass is 293 g/mol. The predicted octanol–water partition coefficient (Wildman–Crippen LogP) is 2.22. The summed E-state index contributed by atoms with van der Waals surface area (Å²) in [5.74, 6) is 0.742. The summed E-state index contributed by atoms with van der Waals surface area (Å²) in [4.78, 5) is 20.2. The second-order valence-corrected chi connectivity index (χ2v) is 5.79. The number of aromatic nitrogens is 1. The van der Waals surface area contributed by atoms with Gasteiger partial charge in [-0.25, -0.2) is 4.98 Å². The van der Waals surface area contributed by atoms with Crippen molar-refractivity contribution in [1.82, 2.24) is 9.88 Å². The lowest BCUT2D eigenvalue weighted by atomic mass is 10.3. The van der Waals surface area contributed by atoms with E-state index in [4.69, 9.17) is 4.74 Å². The van der Waals surface area contributed by atoms with Crippen molar-refractivity contribution in [2.45, 2.75) is 6.92 Å². The van der Waals surface area contributed by atoms with Crippen molar-refractivity contribution in [2.75, 3.05) is 39.2 Å². The molecule has 0 atom stereocenters. The van der Waals surface area contributed by atoms with Gasteiger partial charge in [0.1, 0.15) is 11.3 Å². The Kier molecular flexibility index (Phi) is 4.57. The van der Waals surface area contributed by atoms with Crippen LogP contribution in [0.25, 0.3) is 10.2 Å². The van der Waals surface area contributed by atoms with Crippen LogP contribution in [0.5, 0.6) is 5.75 Å². The molecule has 108 valence electrons. The SMILES string of the molecule is COc1cccc2sc(N(CCN(C)C)C(C)=O)nc12. The maximum absolute atomic E-state index is 11.8. The van der Waals surface area contributed by atoms with Gasteiger partial charge in [-0.1, -0.05) is 17.4 Å². The molecule has 20 heavy (non-hydrogen) atoms. The largest absolute Gasteiger partial charge is 0.494 e. The second kappa shape index (κ2) is 6.19. The molecule has 1 aromatic carbocycles. The Bertz CT molecular complexity index is 609. The molecular weight excluding hydrogens is 274 g/mol. The molecule has 0 saturated heterocycles. The number of hydrogen-bond acceptors (Lipinski definition) is 5. The molecule has 0 bridgehead atoms. The summed E-state index contributed by atoms with van der Waals surface area (Å²) in [7, 11) is 5.60. The lowest BCUT2D eigenvalue weighted by molar-refractivity contribution is -0.116. The number of rotatable bonds is 5. The fourth-order valence-electron chi connectivity index (χ4n) is 1.88. The standard InChI is InChI=1S/C14H19N3O2S/c1-10(18)17(9-8-16(2)3)14-15-13-11(19-4)6-5-7-12(13)20-14/h5-7H,8-9H2,1-4H3. The van der Waals surface area contributed by atoms with Gasteiger partial charge in [-0.2, -0.15) is 0 Å². The molecule has 5 nitrogen and oxygen atoms in total. The zero-order valence-corrected chi connectivity index (χ0v) is 13.0. The fraction of sp³-hybridized carbons (Fsp3) is 0.429. The van der Waals surface area contributed by atoms with Crippen LogP contribution in [0, 0.1) is 0 Å². The van der Waals surface area contributed by atoms with Gasteiger partial charge >= 0.3 is 0 Å². The van der Waals surface area contributed by atoms with Gasteiger partial charge in [0.2, 0.25) is 5.91 Å². The Morgan fingerprint density at radius 1 is 1.35 bits per heavy atom. The van der Waals surface area contributed by atoms with Crippen molar-refractivity contribution in [3.8, 4) is 5.75 Å². The van der Waals surface area contributed by atoms with Crippen molar-refractivity contribution in [1.29, 1.82) is 0 Å². The Balaban J connectivity index is 2.36. The van der Waals surface area contributed by atoms with Crippen molar-refractivity contribution < 1.29 is 9.53 Å². The van der Waals surface area contributed by atoms with Crippen LogP contribution in [0.4, 0.5) is 5.13 Å². The van der Waals surface area contributed by atoms with Gasteiger partial charge in [0, 0.05) is 20.0 Å². The van der Waals surface area contributed by atoms with Crippen LogP contribution in [-0.4, -0.2) is 50.1 Å². The normalized spacial score (nSPS) is 11.1. The molecule has 0 spiro atoms. The zero-order chi connectivity index (χ0) is 14.7. The van der Waals surface area contributed by atoms with E-state index >= 15 is 0 Å². The number of carbonyl (C=O) groups excluding carboxylic acids is 1. The molecule has 0 unspecified atom stereocenters. The molecule has 0 fully saturated rings. The van der Waals surface area contributed by atoms with Gasteiger partial charge in [0.25, 0.3) is 0 Å². The third-order valence-corrected chi connectivity index (χ3v) is 4.02. The van der Waals surface area contributed by atoms with E-state index in [1.165, 1.54) is 11.3 Å². The summed E-state index contributed by atoms with van der Waals surface area (Å²) in [5, 5.41) is 0.721. The lowest BCUT2D eigenvalue weighted by Crippen LogP contribution is -2.35. The van der Waals surface area contributed by atoms with Crippen molar-refractivity contribution in [3.05, 3.63) is 18.2 Å². The maximum Gasteiger partial charge on any atom is 0.225 e. The van der Waals surface area contributed by atoms with Crippen LogP contribution in [0.15, 0.2) is 18.2 Å². The van der Waals surface area contributed by atoms with E-state index in [9.17, 15) is 4.79 Å². The van der Waals surface area contributed by atoms with Crippen molar-refractivity contribution in [2.24, 2.45) is 0 Å². The first-order valence-electron chi connectivity index (χ1n) is 6.39. The predicted molar refractivity (Wildman–Crippen MR) is 82.8 cm³/mol. The number of carbonyl (C=O) groups is 1. The highest BCUT2D eigenvalue weighted by molar-refractivity contribution is 7.22. The Hall–Kier alpha value is -1.66. The van der Waals surface area contributed by atoms with Crippen LogP contribution in [0.2, 0.25) is 0 Å². The minimum absolute atomic E-state index is 0.00451. The summed E-state index contributed by atoms with van der Waals surface area (Å²) in [6.45, 7) is 3.00. The Morgan fingerprint density at radius 3 is 2.70 bits per heavy atom. The van der Waals surface area contributed by atoms with Crippen molar-refractivity contribution in [3.63, 3.8) is 0 Å². The van der Waals surface area contributed by atoms with Crippen LogP contribution >= 0.6 is 11.3 Å². The van der Waals surface area contributed by atoms with E-state index in [0.717, 1.165) is 27.6 Å². The minimum Gasteiger partial charge on any atom is -0.494 e. The third kappa shape index (κ3) is 3.08. The molecular formula is C14H19N3O2S. The van der Waals surface area contributed by atoms with Gasteiger partial charge in [-0.3, -0.25) is 9.69 Å². The van der Waals surface area contributed by atoms with Gasteiger partial charge in [0.05, 0.1) is 11.8 Å². The third-order valence-electron chi connectivity index (χ3n) is 2.97. The van der Waals surface area contributed by atoms with Crippen molar-refractivity contribution >= 4 is 32.6 Å². The van der Waals surface area contributed by atoms with E-state index in [-0.39, 0.29) is 5.91 Å². The highest BCUT2D eigenvalue weighted by Crippen LogP contribution is 2.33. The highest BCUT2D eigenvalue weighted by atomic mass is 32.1. The summed E-state index contributed by atoms with van der Waals surface area (Å²) >= 11 is 1.51. The first-order chi connectivity index (χ1) is 9.52. The van der Waals surface area contributed by atoms with E-state index in [1.54, 1.807) is 18.9 Å². The summed E-state index contributed by atoms with van der Waals surface area (Å²) < 4.78 is 6.34. The highest BCUT2D eigenvalue weighted by Gasteiger charge is 2.17. The number of anilines is 1. The van der Waals surface area contributed by atoms with Gasteiger partial charge < -0.3 is 9.64 Å². The molecule has 0 N–H and O–H groups in total. The first kappa shape index (κ1) is 14.7. The molecule has 0 aliphatic rings. The van der Waals surface area contributed by atoms with E-state index in [0.29, 0.717) is 6.54 Å². The van der Waals surface area contributed by atoms with E-state index in [1.807, 2.05) is 37.2 Å². The van der Waals surface area contributed by atoms with Crippen LogP contribution in [-0.2, 0) is 4.79 Å². The molecule has 0 aliphatic heterocycles. The van der Waals surface area contributed by atoms with Gasteiger partial charge in [-0.15, -0.1) is 0 Å². The van der Waals surface area contributed by atoms with Gasteiger partial charge in [-0.05, 0) is 26.2 Å². The average molecular weight is 293 g/mol. The number of hydrogen-bond donors (Lipinski definition) is 0. The number of likely N-dealkylation sites (N-methyl/N-ethyl adjacent to an activating group) is 1. The smallest absolute Gasteiger partial charge is 0.225 e. The first-order valence-corrected chi connectivity index (χ1v) is 7.21. The number of para-hydroxylation sites is 1. The average Bonchev–Trinajstić information content (AvgIpc) is 2.81. The fourth-order valence-corrected chi connectivity index (χ4v) is 2.93. The summed E-state index contributed by atoms with van der Waals surface area (Å²) in [6, 6.07) is 5.80. The second-order valence-electron chi connectivity index (χ2n) is 4.78. The number of methoxy groups -OCH3 is 1. The number of amides is 1. The van der Waals surface area contributed by atoms with Gasteiger partial charge in [0.15, 0.2) is 5.13 Å². The van der Waals surface area contributed by atoms with E-state index < -0.39 is 0 Å². The van der Waals surface area contributed by atoms with Crippen LogP contribution < -0.4 is 9.64 Å². The molecule has 0 saturated carbocycles. The number of thiazole rings is 1. The molecule has 0 radical (unpaired) electrons. The summed E-state index contributed by atoms with van der Waals surface area (Å²) in [5.41, 5.74) is 0.811. The molecule has 2 aromatic rings. The Labute approximate surface area is 122 Å². The van der Waals surface area contributed by atoms with Crippen LogP contribution in [0.1, 0.15) is 6.92 Å². The lowest BCUT2D eigenvalue weighted by Gasteiger charge is -2.20. The number of benzene rings is 1. The topological polar surface area (TPSA) is 45.7 Å². The molecule has 1 amide bonds. The maximum atomic E-state index is 11.8. The number of ether oxygens (including phenoxy) is 1. The minimum atomic E-state index is 0.00451.